The minimum Gasteiger partial charge on any atom is -0.497 e. The molecule has 0 amide bonds. The Morgan fingerprint density at radius 1 is 1.12 bits per heavy atom. The van der Waals surface area contributed by atoms with Crippen LogP contribution in [-0.2, 0) is 11.8 Å². The van der Waals surface area contributed by atoms with Crippen molar-refractivity contribution in [1.82, 2.24) is 0 Å². The fraction of sp³-hybridized carbons (Fsp3) is 0.455. The summed E-state index contributed by atoms with van der Waals surface area (Å²) in [5, 5.41) is 0. The largest absolute Gasteiger partial charge is 0.497 e. The minimum atomic E-state index is 0.234. The highest BCUT2D eigenvalue weighted by Gasteiger charge is 2.38. The van der Waals surface area contributed by atoms with Crippen molar-refractivity contribution in [2.75, 3.05) is 26.7 Å². The number of quaternary nitrogens is 1. The van der Waals surface area contributed by atoms with Crippen LogP contribution >= 0.6 is 0 Å². The van der Waals surface area contributed by atoms with Crippen molar-refractivity contribution in [3.8, 4) is 5.75 Å². The lowest BCUT2D eigenvalue weighted by atomic mass is 9.72. The Labute approximate surface area is 146 Å². The van der Waals surface area contributed by atoms with Crippen LogP contribution in [0.2, 0.25) is 0 Å². The predicted molar refractivity (Wildman–Crippen MR) is 99.8 cm³/mol. The van der Waals surface area contributed by atoms with Gasteiger partial charge < -0.3 is 9.64 Å². The summed E-state index contributed by atoms with van der Waals surface area (Å²) < 4.78 is 5.44. The van der Waals surface area contributed by atoms with Gasteiger partial charge in [0.15, 0.2) is 0 Å². The lowest BCUT2D eigenvalue weighted by Crippen LogP contribution is -3.15. The third kappa shape index (κ3) is 3.99. The van der Waals surface area contributed by atoms with Crippen LogP contribution in [0.3, 0.4) is 0 Å². The molecule has 128 valence electrons. The van der Waals surface area contributed by atoms with E-state index in [-0.39, 0.29) is 5.41 Å². The highest BCUT2D eigenvalue weighted by Crippen LogP contribution is 2.33. The van der Waals surface area contributed by atoms with Crippen LogP contribution in [-0.4, -0.2) is 26.7 Å². The molecule has 0 aliphatic carbocycles. The van der Waals surface area contributed by atoms with Crippen LogP contribution in [0.25, 0.3) is 0 Å². The normalized spacial score (nSPS) is 27.0. The van der Waals surface area contributed by atoms with Crippen LogP contribution < -0.4 is 9.64 Å². The molecule has 2 aromatic carbocycles. The van der Waals surface area contributed by atoms with Gasteiger partial charge in [0.05, 0.1) is 26.7 Å². The summed E-state index contributed by atoms with van der Waals surface area (Å²) >= 11 is 0. The van der Waals surface area contributed by atoms with Gasteiger partial charge in [-0.2, -0.15) is 0 Å². The molecule has 1 aliphatic heterocycles. The molecule has 1 heterocycles. The molecule has 0 aromatic heterocycles. The molecule has 24 heavy (non-hydrogen) atoms. The van der Waals surface area contributed by atoms with Gasteiger partial charge in [-0.15, -0.1) is 0 Å². The molecule has 0 radical (unpaired) electrons. The van der Waals surface area contributed by atoms with E-state index in [4.69, 9.17) is 4.74 Å². The maximum atomic E-state index is 5.44. The topological polar surface area (TPSA) is 13.7 Å². The lowest BCUT2D eigenvalue weighted by Gasteiger charge is -2.41. The summed E-state index contributed by atoms with van der Waals surface area (Å²) in [7, 11) is 1.75. The molecule has 1 aliphatic rings. The van der Waals surface area contributed by atoms with Crippen molar-refractivity contribution in [2.45, 2.75) is 32.1 Å². The van der Waals surface area contributed by atoms with E-state index in [1.807, 2.05) is 6.07 Å². The molecule has 1 saturated heterocycles. The Bertz CT molecular complexity index is 654. The van der Waals surface area contributed by atoms with E-state index in [1.165, 1.54) is 37.2 Å². The van der Waals surface area contributed by atoms with Gasteiger partial charge in [-0.3, -0.25) is 0 Å². The third-order valence-corrected chi connectivity index (χ3v) is 5.45. The van der Waals surface area contributed by atoms with Crippen molar-refractivity contribution in [3.05, 3.63) is 65.7 Å². The quantitative estimate of drug-likeness (QED) is 0.892. The zero-order chi connectivity index (χ0) is 17.0. The van der Waals surface area contributed by atoms with E-state index in [0.29, 0.717) is 0 Å². The number of hydrogen-bond donors (Lipinski definition) is 1. The van der Waals surface area contributed by atoms with Crippen LogP contribution in [0.15, 0.2) is 54.6 Å². The fourth-order valence-corrected chi connectivity index (χ4v) is 4.40. The van der Waals surface area contributed by atoms with Crippen molar-refractivity contribution in [1.29, 1.82) is 0 Å². The Balaban J connectivity index is 1.72. The van der Waals surface area contributed by atoms with Gasteiger partial charge in [0.1, 0.15) is 5.75 Å². The number of likely N-dealkylation sites (tertiary alicyclic amines) is 1. The van der Waals surface area contributed by atoms with Crippen molar-refractivity contribution in [2.24, 2.45) is 5.92 Å². The van der Waals surface area contributed by atoms with Crippen molar-refractivity contribution in [3.63, 3.8) is 0 Å². The SMILES string of the molecule is COc1cccc([C@@]2(C)C[C@@H](C)C[NH+](CCc3ccccc3)C2)c1. The molecule has 2 heteroatoms. The smallest absolute Gasteiger partial charge is 0.119 e. The first-order valence-corrected chi connectivity index (χ1v) is 9.11. The van der Waals surface area contributed by atoms with E-state index in [1.54, 1.807) is 12.0 Å². The maximum absolute atomic E-state index is 5.44. The summed E-state index contributed by atoms with van der Waals surface area (Å²) in [4.78, 5) is 1.72. The number of hydrogen-bond acceptors (Lipinski definition) is 1. The van der Waals surface area contributed by atoms with E-state index in [0.717, 1.165) is 18.1 Å². The molecule has 2 nitrogen and oxygen atoms in total. The van der Waals surface area contributed by atoms with Gasteiger partial charge in [0, 0.05) is 17.8 Å². The molecular weight excluding hydrogens is 294 g/mol. The summed E-state index contributed by atoms with van der Waals surface area (Å²) in [5.74, 6) is 1.72. The predicted octanol–water partition coefficient (Wildman–Crippen LogP) is 3.12. The molecule has 0 spiro atoms. The van der Waals surface area contributed by atoms with E-state index in [2.05, 4.69) is 62.4 Å². The molecule has 3 rings (SSSR count). The second-order valence-electron chi connectivity index (χ2n) is 7.72. The standard InChI is InChI=1S/C22H29NO/c1-18-15-22(2,20-10-7-11-21(14-20)24-3)17-23(16-18)13-12-19-8-5-4-6-9-19/h4-11,14,18H,12-13,15-17H2,1-3H3/p+1/t18-,22+/m1/s1. The average molecular weight is 324 g/mol. The monoisotopic (exact) mass is 324 g/mol. The van der Waals surface area contributed by atoms with Gasteiger partial charge in [-0.25, -0.2) is 0 Å². The maximum Gasteiger partial charge on any atom is 0.119 e. The molecule has 2 aromatic rings. The molecular formula is C22H30NO+. The summed E-state index contributed by atoms with van der Waals surface area (Å²) in [6, 6.07) is 19.5. The first-order chi connectivity index (χ1) is 11.6. The molecule has 3 atom stereocenters. The number of ether oxygens (including phenoxy) is 1. The van der Waals surface area contributed by atoms with Gasteiger partial charge in [-0.05, 0) is 29.7 Å². The Hall–Kier alpha value is -1.80. The van der Waals surface area contributed by atoms with Crippen LogP contribution in [0.4, 0.5) is 0 Å². The van der Waals surface area contributed by atoms with E-state index in [9.17, 15) is 0 Å². The Morgan fingerprint density at radius 2 is 1.92 bits per heavy atom. The van der Waals surface area contributed by atoms with Crippen molar-refractivity contribution >= 4 is 0 Å². The lowest BCUT2D eigenvalue weighted by molar-refractivity contribution is -0.913. The first kappa shape index (κ1) is 17.0. The summed E-state index contributed by atoms with van der Waals surface area (Å²) in [5.41, 5.74) is 3.11. The van der Waals surface area contributed by atoms with Crippen LogP contribution in [0.5, 0.6) is 5.75 Å². The third-order valence-electron chi connectivity index (χ3n) is 5.45. The van der Waals surface area contributed by atoms with E-state index >= 15 is 0 Å². The Kier molecular flexibility index (Phi) is 5.25. The van der Waals surface area contributed by atoms with Crippen molar-refractivity contribution < 1.29 is 9.64 Å². The molecule has 0 saturated carbocycles. The van der Waals surface area contributed by atoms with Gasteiger partial charge in [-0.1, -0.05) is 56.3 Å². The van der Waals surface area contributed by atoms with Gasteiger partial charge >= 0.3 is 0 Å². The number of piperidine rings is 1. The minimum absolute atomic E-state index is 0.234. The van der Waals surface area contributed by atoms with Gasteiger partial charge in [0.2, 0.25) is 0 Å². The zero-order valence-electron chi connectivity index (χ0n) is 15.2. The molecule has 1 unspecified atom stereocenters. The molecule has 1 N–H and O–H groups in total. The number of rotatable bonds is 5. The average Bonchev–Trinajstić information content (AvgIpc) is 2.60. The number of nitrogens with one attached hydrogen (secondary N) is 1. The first-order valence-electron chi connectivity index (χ1n) is 9.11. The van der Waals surface area contributed by atoms with Crippen LogP contribution in [0, 0.1) is 5.92 Å². The number of benzene rings is 2. The fourth-order valence-electron chi connectivity index (χ4n) is 4.40. The molecule has 0 bridgehead atoms. The second kappa shape index (κ2) is 7.40. The second-order valence-corrected chi connectivity index (χ2v) is 7.72. The summed E-state index contributed by atoms with van der Waals surface area (Å²) in [6.45, 7) is 8.54. The molecule has 1 fully saturated rings. The summed E-state index contributed by atoms with van der Waals surface area (Å²) in [6.07, 6.45) is 2.42. The number of methoxy groups -OCH3 is 1. The van der Waals surface area contributed by atoms with Crippen LogP contribution in [0.1, 0.15) is 31.4 Å². The van der Waals surface area contributed by atoms with E-state index < -0.39 is 0 Å². The highest BCUT2D eigenvalue weighted by molar-refractivity contribution is 5.34. The highest BCUT2D eigenvalue weighted by atomic mass is 16.5. The Morgan fingerprint density at radius 3 is 2.67 bits per heavy atom. The zero-order valence-corrected chi connectivity index (χ0v) is 15.2. The van der Waals surface area contributed by atoms with Gasteiger partial charge in [0.25, 0.3) is 0 Å².